The van der Waals surface area contributed by atoms with Crippen molar-refractivity contribution in [1.29, 1.82) is 0 Å². The molecule has 3 heteroatoms. The lowest BCUT2D eigenvalue weighted by molar-refractivity contribution is -0.118. The Balaban J connectivity index is 1.99. The summed E-state index contributed by atoms with van der Waals surface area (Å²) in [6.45, 7) is 3.47. The topological polar surface area (TPSA) is 46.2 Å². The molecule has 0 heterocycles. The molecule has 1 aromatic rings. The normalized spacial score (nSPS) is 16.6. The second-order valence-electron chi connectivity index (χ2n) is 5.06. The number of rotatable bonds is 4. The van der Waals surface area contributed by atoms with Gasteiger partial charge in [0.25, 0.3) is 0 Å². The predicted molar refractivity (Wildman–Crippen MR) is 72.1 cm³/mol. The molecule has 3 nitrogen and oxygen atoms in total. The first-order chi connectivity index (χ1) is 8.49. The summed E-state index contributed by atoms with van der Waals surface area (Å²) in [5.74, 6) is 0.114. The number of anilines is 1. The Morgan fingerprint density at radius 3 is 2.33 bits per heavy atom. The molecule has 1 saturated carbocycles. The highest BCUT2D eigenvalue weighted by Crippen LogP contribution is 2.46. The van der Waals surface area contributed by atoms with Crippen molar-refractivity contribution in [2.45, 2.75) is 26.7 Å². The first kappa shape index (κ1) is 12.6. The average molecular weight is 243 g/mol. The maximum Gasteiger partial charge on any atom is 0.221 e. The highest BCUT2D eigenvalue weighted by Gasteiger charge is 2.42. The molecule has 0 saturated heterocycles. The zero-order valence-corrected chi connectivity index (χ0v) is 10.7. The SMILES string of the molecule is CC(=O)Nc1ccc(/C=C/C(=O)C2(C)CC2)cc1. The van der Waals surface area contributed by atoms with E-state index in [1.807, 2.05) is 37.3 Å². The summed E-state index contributed by atoms with van der Waals surface area (Å²) < 4.78 is 0. The summed E-state index contributed by atoms with van der Waals surface area (Å²) in [6.07, 6.45) is 5.47. The van der Waals surface area contributed by atoms with E-state index in [1.54, 1.807) is 6.08 Å². The third-order valence-electron chi connectivity index (χ3n) is 3.25. The van der Waals surface area contributed by atoms with E-state index in [0.29, 0.717) is 0 Å². The van der Waals surface area contributed by atoms with Crippen molar-refractivity contribution in [3.8, 4) is 0 Å². The van der Waals surface area contributed by atoms with Crippen molar-refractivity contribution in [3.05, 3.63) is 35.9 Å². The summed E-state index contributed by atoms with van der Waals surface area (Å²) in [7, 11) is 0. The molecule has 1 N–H and O–H groups in total. The van der Waals surface area contributed by atoms with E-state index in [2.05, 4.69) is 5.32 Å². The van der Waals surface area contributed by atoms with Gasteiger partial charge in [-0.05, 0) is 36.6 Å². The molecule has 0 bridgehead atoms. The average Bonchev–Trinajstić information content (AvgIpc) is 3.07. The van der Waals surface area contributed by atoms with Crippen LogP contribution in [0.15, 0.2) is 30.3 Å². The van der Waals surface area contributed by atoms with Gasteiger partial charge in [-0.3, -0.25) is 9.59 Å². The molecule has 0 radical (unpaired) electrons. The van der Waals surface area contributed by atoms with Gasteiger partial charge in [-0.1, -0.05) is 25.1 Å². The van der Waals surface area contributed by atoms with E-state index in [-0.39, 0.29) is 17.1 Å². The van der Waals surface area contributed by atoms with E-state index in [0.717, 1.165) is 24.1 Å². The lowest BCUT2D eigenvalue weighted by atomic mass is 10.0. The van der Waals surface area contributed by atoms with Crippen LogP contribution in [0.5, 0.6) is 0 Å². The third kappa shape index (κ3) is 3.06. The van der Waals surface area contributed by atoms with Crippen LogP contribution in [0.1, 0.15) is 32.3 Å². The van der Waals surface area contributed by atoms with Crippen LogP contribution in [0, 0.1) is 5.41 Å². The van der Waals surface area contributed by atoms with Crippen molar-refractivity contribution < 1.29 is 9.59 Å². The fourth-order valence-corrected chi connectivity index (χ4v) is 1.69. The predicted octanol–water partition coefficient (Wildman–Crippen LogP) is 3.03. The number of carbonyl (C=O) groups excluding carboxylic acids is 2. The Labute approximate surface area is 107 Å². The van der Waals surface area contributed by atoms with Gasteiger partial charge in [-0.25, -0.2) is 0 Å². The Bertz CT molecular complexity index is 496. The summed E-state index contributed by atoms with van der Waals surface area (Å²) in [6, 6.07) is 7.41. The van der Waals surface area contributed by atoms with Crippen molar-refractivity contribution in [1.82, 2.24) is 0 Å². The second kappa shape index (κ2) is 4.77. The molecule has 94 valence electrons. The quantitative estimate of drug-likeness (QED) is 0.826. The molecule has 0 aliphatic heterocycles. The van der Waals surface area contributed by atoms with Gasteiger partial charge in [-0.15, -0.1) is 0 Å². The number of hydrogen-bond acceptors (Lipinski definition) is 2. The van der Waals surface area contributed by atoms with Gasteiger partial charge in [0.1, 0.15) is 0 Å². The van der Waals surface area contributed by atoms with E-state index in [9.17, 15) is 9.59 Å². The first-order valence-electron chi connectivity index (χ1n) is 6.10. The second-order valence-corrected chi connectivity index (χ2v) is 5.06. The summed E-state index contributed by atoms with van der Waals surface area (Å²) in [4.78, 5) is 22.6. The number of hydrogen-bond donors (Lipinski definition) is 1. The molecule has 1 aromatic carbocycles. The Hall–Kier alpha value is -1.90. The van der Waals surface area contributed by atoms with E-state index in [1.165, 1.54) is 6.92 Å². The summed E-state index contributed by atoms with van der Waals surface area (Å²) in [5.41, 5.74) is 1.62. The minimum absolute atomic E-state index is 0.0878. The maximum absolute atomic E-state index is 11.8. The van der Waals surface area contributed by atoms with E-state index in [4.69, 9.17) is 0 Å². The van der Waals surface area contributed by atoms with Crippen LogP contribution >= 0.6 is 0 Å². The number of amides is 1. The highest BCUT2D eigenvalue weighted by molar-refractivity contribution is 5.99. The Kier molecular flexibility index (Phi) is 3.32. The molecule has 1 fully saturated rings. The molecule has 2 rings (SSSR count). The zero-order chi connectivity index (χ0) is 13.2. The number of ketones is 1. The standard InChI is InChI=1S/C15H17NO2/c1-11(17)16-13-6-3-12(4-7-13)5-8-14(18)15(2)9-10-15/h3-8H,9-10H2,1-2H3,(H,16,17)/b8-5+. The van der Waals surface area contributed by atoms with Gasteiger partial charge >= 0.3 is 0 Å². The van der Waals surface area contributed by atoms with Gasteiger partial charge in [-0.2, -0.15) is 0 Å². The summed E-state index contributed by atoms with van der Waals surface area (Å²) in [5, 5.41) is 2.70. The van der Waals surface area contributed by atoms with Crippen LogP contribution in [0.2, 0.25) is 0 Å². The minimum atomic E-state index is -0.105. The first-order valence-corrected chi connectivity index (χ1v) is 6.10. The van der Waals surface area contributed by atoms with Crippen LogP contribution in [0.4, 0.5) is 5.69 Å². The number of allylic oxidation sites excluding steroid dienone is 1. The van der Waals surface area contributed by atoms with Crippen LogP contribution in [-0.2, 0) is 9.59 Å². The van der Waals surface area contributed by atoms with E-state index < -0.39 is 0 Å². The van der Waals surface area contributed by atoms with Crippen molar-refractivity contribution >= 4 is 23.5 Å². The molecule has 0 unspecified atom stereocenters. The molecular weight excluding hydrogens is 226 g/mol. The fraction of sp³-hybridized carbons (Fsp3) is 0.333. The molecule has 1 amide bonds. The van der Waals surface area contributed by atoms with Crippen LogP contribution < -0.4 is 5.32 Å². The lowest BCUT2D eigenvalue weighted by Crippen LogP contribution is -2.07. The molecular formula is C15H17NO2. The van der Waals surface area contributed by atoms with Gasteiger partial charge < -0.3 is 5.32 Å². The largest absolute Gasteiger partial charge is 0.326 e. The molecule has 0 aromatic heterocycles. The van der Waals surface area contributed by atoms with Crippen molar-refractivity contribution in [3.63, 3.8) is 0 Å². The third-order valence-corrected chi connectivity index (χ3v) is 3.25. The number of carbonyl (C=O) groups is 2. The van der Waals surface area contributed by atoms with Gasteiger partial charge in [0, 0.05) is 18.0 Å². The fourth-order valence-electron chi connectivity index (χ4n) is 1.69. The monoisotopic (exact) mass is 243 g/mol. The molecule has 1 aliphatic carbocycles. The maximum atomic E-state index is 11.8. The Morgan fingerprint density at radius 1 is 1.22 bits per heavy atom. The lowest BCUT2D eigenvalue weighted by Gasteiger charge is -2.03. The van der Waals surface area contributed by atoms with Crippen molar-refractivity contribution in [2.75, 3.05) is 5.32 Å². The Morgan fingerprint density at radius 2 is 1.83 bits per heavy atom. The smallest absolute Gasteiger partial charge is 0.221 e. The molecule has 18 heavy (non-hydrogen) atoms. The van der Waals surface area contributed by atoms with Crippen LogP contribution in [-0.4, -0.2) is 11.7 Å². The molecule has 0 spiro atoms. The molecule has 0 atom stereocenters. The van der Waals surface area contributed by atoms with Crippen LogP contribution in [0.25, 0.3) is 6.08 Å². The van der Waals surface area contributed by atoms with Crippen molar-refractivity contribution in [2.24, 2.45) is 5.41 Å². The van der Waals surface area contributed by atoms with Gasteiger partial charge in [0.2, 0.25) is 5.91 Å². The summed E-state index contributed by atoms with van der Waals surface area (Å²) >= 11 is 0. The number of nitrogens with one attached hydrogen (secondary N) is 1. The van der Waals surface area contributed by atoms with Gasteiger partial charge in [0.05, 0.1) is 0 Å². The van der Waals surface area contributed by atoms with Crippen LogP contribution in [0.3, 0.4) is 0 Å². The van der Waals surface area contributed by atoms with Gasteiger partial charge in [0.15, 0.2) is 5.78 Å². The highest BCUT2D eigenvalue weighted by atomic mass is 16.1. The zero-order valence-electron chi connectivity index (χ0n) is 10.7. The molecule has 1 aliphatic rings. The van der Waals surface area contributed by atoms with E-state index >= 15 is 0 Å². The number of benzene rings is 1. The minimum Gasteiger partial charge on any atom is -0.326 e.